The summed E-state index contributed by atoms with van der Waals surface area (Å²) in [6.07, 6.45) is 4.57. The molecule has 26 heavy (non-hydrogen) atoms. The number of benzene rings is 4. The van der Waals surface area contributed by atoms with E-state index in [0.717, 1.165) is 12.8 Å². The molecule has 0 unspecified atom stereocenters. The lowest BCUT2D eigenvalue weighted by Crippen LogP contribution is -1.97. The molecule has 4 aromatic rings. The lowest BCUT2D eigenvalue weighted by atomic mass is 9.85. The molecule has 0 aliphatic carbocycles. The second-order valence-corrected chi connectivity index (χ2v) is 7.14. The zero-order valence-corrected chi connectivity index (χ0v) is 15.8. The van der Waals surface area contributed by atoms with Gasteiger partial charge in [-0.05, 0) is 56.6 Å². The maximum absolute atomic E-state index is 2.35. The predicted molar refractivity (Wildman–Crippen MR) is 115 cm³/mol. The van der Waals surface area contributed by atoms with Crippen molar-refractivity contribution in [2.45, 2.75) is 39.5 Å². The molecule has 4 rings (SSSR count). The first-order valence-corrected chi connectivity index (χ1v) is 9.85. The quantitative estimate of drug-likeness (QED) is 0.352. The first kappa shape index (κ1) is 16.8. The van der Waals surface area contributed by atoms with Crippen LogP contribution >= 0.6 is 0 Å². The molecular weight excluding hydrogens is 312 g/mol. The predicted octanol–water partition coefficient (Wildman–Crippen LogP) is 7.57. The van der Waals surface area contributed by atoms with Crippen LogP contribution in [0.15, 0.2) is 72.8 Å². The summed E-state index contributed by atoms with van der Waals surface area (Å²) >= 11 is 0. The molecule has 0 aliphatic heterocycles. The Bertz CT molecular complexity index is 969. The molecule has 0 N–H and O–H groups in total. The number of aryl methyl sites for hydroxylation is 2. The van der Waals surface area contributed by atoms with Crippen LogP contribution in [0.3, 0.4) is 0 Å². The van der Waals surface area contributed by atoms with Gasteiger partial charge in [0.05, 0.1) is 0 Å². The van der Waals surface area contributed by atoms with Crippen LogP contribution in [0.2, 0.25) is 0 Å². The highest BCUT2D eigenvalue weighted by Crippen LogP contribution is 2.40. The lowest BCUT2D eigenvalue weighted by molar-refractivity contribution is 0.916. The molecule has 0 fully saturated rings. The highest BCUT2D eigenvalue weighted by Gasteiger charge is 2.16. The molecule has 0 saturated carbocycles. The highest BCUT2D eigenvalue weighted by molar-refractivity contribution is 6.07. The number of hydrogen-bond donors (Lipinski definition) is 0. The minimum Gasteiger partial charge on any atom is -0.0651 e. The largest absolute Gasteiger partial charge is 0.0651 e. The van der Waals surface area contributed by atoms with Gasteiger partial charge < -0.3 is 0 Å². The average Bonchev–Trinajstić information content (AvgIpc) is 2.69. The molecule has 0 aliphatic rings. The zero-order valence-electron chi connectivity index (χ0n) is 15.8. The van der Waals surface area contributed by atoms with Crippen LogP contribution in [-0.4, -0.2) is 0 Å². The molecule has 0 spiro atoms. The van der Waals surface area contributed by atoms with Crippen molar-refractivity contribution in [3.8, 4) is 11.1 Å². The molecule has 0 bridgehead atoms. The molecule has 0 heterocycles. The molecule has 0 amide bonds. The van der Waals surface area contributed by atoms with Crippen LogP contribution in [0, 0.1) is 0 Å². The molecule has 0 saturated heterocycles. The van der Waals surface area contributed by atoms with Crippen molar-refractivity contribution in [1.82, 2.24) is 0 Å². The second-order valence-electron chi connectivity index (χ2n) is 7.14. The molecule has 0 radical (unpaired) electrons. The third kappa shape index (κ3) is 2.90. The summed E-state index contributed by atoms with van der Waals surface area (Å²) in [6, 6.07) is 26.9. The van der Waals surface area contributed by atoms with E-state index < -0.39 is 0 Å². The molecule has 0 nitrogen and oxygen atoms in total. The third-order valence-electron chi connectivity index (χ3n) is 5.32. The van der Waals surface area contributed by atoms with Gasteiger partial charge in [-0.15, -0.1) is 0 Å². The van der Waals surface area contributed by atoms with Crippen molar-refractivity contribution >= 4 is 21.5 Å². The van der Waals surface area contributed by atoms with E-state index in [1.807, 2.05) is 0 Å². The minimum absolute atomic E-state index is 1.12. The Labute approximate surface area is 156 Å². The van der Waals surface area contributed by atoms with Crippen molar-refractivity contribution in [3.63, 3.8) is 0 Å². The first-order chi connectivity index (χ1) is 12.8. The van der Waals surface area contributed by atoms with Crippen LogP contribution < -0.4 is 0 Å². The van der Waals surface area contributed by atoms with Gasteiger partial charge >= 0.3 is 0 Å². The van der Waals surface area contributed by atoms with Gasteiger partial charge in [-0.25, -0.2) is 0 Å². The van der Waals surface area contributed by atoms with E-state index in [1.54, 1.807) is 0 Å². The van der Waals surface area contributed by atoms with Gasteiger partial charge in [0, 0.05) is 0 Å². The Balaban J connectivity index is 2.15. The van der Waals surface area contributed by atoms with Crippen molar-refractivity contribution in [1.29, 1.82) is 0 Å². The van der Waals surface area contributed by atoms with Gasteiger partial charge in [-0.3, -0.25) is 0 Å². The highest BCUT2D eigenvalue weighted by atomic mass is 14.2. The SMILES string of the molecule is CCCc1ccc2ccccc2c1-c1c(CCC)ccc2ccccc12. The minimum atomic E-state index is 1.12. The Hall–Kier alpha value is -2.60. The Morgan fingerprint density at radius 1 is 0.500 bits per heavy atom. The zero-order chi connectivity index (χ0) is 17.9. The number of fused-ring (bicyclic) bond motifs is 2. The standard InChI is InChI=1S/C26H26/c1-3-9-21-17-15-19-11-5-7-13-23(19)25(21)26-22(10-4-2)18-16-20-12-6-8-14-24(20)26/h5-8,11-18H,3-4,9-10H2,1-2H3. The molecule has 0 aromatic heterocycles. The second kappa shape index (κ2) is 7.33. The molecule has 130 valence electrons. The van der Waals surface area contributed by atoms with Crippen molar-refractivity contribution in [2.75, 3.05) is 0 Å². The van der Waals surface area contributed by atoms with Crippen LogP contribution in [0.25, 0.3) is 32.7 Å². The van der Waals surface area contributed by atoms with E-state index >= 15 is 0 Å². The fourth-order valence-corrected chi connectivity index (χ4v) is 4.18. The number of hydrogen-bond acceptors (Lipinski definition) is 0. The Morgan fingerprint density at radius 2 is 0.923 bits per heavy atom. The van der Waals surface area contributed by atoms with Crippen molar-refractivity contribution in [3.05, 3.63) is 83.9 Å². The fourth-order valence-electron chi connectivity index (χ4n) is 4.18. The summed E-state index contributed by atoms with van der Waals surface area (Å²) in [6.45, 7) is 4.55. The average molecular weight is 338 g/mol. The topological polar surface area (TPSA) is 0 Å². The Kier molecular flexibility index (Phi) is 4.75. The van der Waals surface area contributed by atoms with Gasteiger partial charge in [0.15, 0.2) is 0 Å². The maximum Gasteiger partial charge on any atom is -0.00643 e. The smallest absolute Gasteiger partial charge is 0.00643 e. The summed E-state index contributed by atoms with van der Waals surface area (Å²) in [5.41, 5.74) is 5.84. The van der Waals surface area contributed by atoms with Crippen molar-refractivity contribution < 1.29 is 0 Å². The van der Waals surface area contributed by atoms with Crippen molar-refractivity contribution in [2.24, 2.45) is 0 Å². The van der Waals surface area contributed by atoms with Gasteiger partial charge in [0.2, 0.25) is 0 Å². The summed E-state index contributed by atoms with van der Waals surface area (Å²) in [5.74, 6) is 0. The summed E-state index contributed by atoms with van der Waals surface area (Å²) in [4.78, 5) is 0. The summed E-state index contributed by atoms with van der Waals surface area (Å²) in [5, 5.41) is 5.43. The molecular formula is C26H26. The summed E-state index contributed by atoms with van der Waals surface area (Å²) < 4.78 is 0. The van der Waals surface area contributed by atoms with E-state index in [4.69, 9.17) is 0 Å². The van der Waals surface area contributed by atoms with E-state index in [2.05, 4.69) is 86.6 Å². The summed E-state index contributed by atoms with van der Waals surface area (Å²) in [7, 11) is 0. The van der Waals surface area contributed by atoms with E-state index in [9.17, 15) is 0 Å². The molecule has 0 atom stereocenters. The van der Waals surface area contributed by atoms with Gasteiger partial charge in [-0.1, -0.05) is 99.5 Å². The van der Waals surface area contributed by atoms with Crippen LogP contribution in [-0.2, 0) is 12.8 Å². The van der Waals surface area contributed by atoms with Gasteiger partial charge in [-0.2, -0.15) is 0 Å². The van der Waals surface area contributed by atoms with Crippen LogP contribution in [0.5, 0.6) is 0 Å². The van der Waals surface area contributed by atoms with Gasteiger partial charge in [0.25, 0.3) is 0 Å². The lowest BCUT2D eigenvalue weighted by Gasteiger charge is -2.19. The van der Waals surface area contributed by atoms with Crippen LogP contribution in [0.4, 0.5) is 0 Å². The number of rotatable bonds is 5. The molecule has 0 heteroatoms. The normalized spacial score (nSPS) is 11.3. The third-order valence-corrected chi connectivity index (χ3v) is 5.32. The Morgan fingerprint density at radius 3 is 1.35 bits per heavy atom. The van der Waals surface area contributed by atoms with Gasteiger partial charge in [0.1, 0.15) is 0 Å². The first-order valence-electron chi connectivity index (χ1n) is 9.85. The van der Waals surface area contributed by atoms with E-state index in [1.165, 1.54) is 56.6 Å². The monoisotopic (exact) mass is 338 g/mol. The van der Waals surface area contributed by atoms with Crippen LogP contribution in [0.1, 0.15) is 37.8 Å². The maximum atomic E-state index is 2.35. The molecule has 4 aromatic carbocycles. The fraction of sp³-hybridized carbons (Fsp3) is 0.231. The van der Waals surface area contributed by atoms with E-state index in [-0.39, 0.29) is 0 Å². The van der Waals surface area contributed by atoms with E-state index in [0.29, 0.717) is 0 Å².